The molecular formula is C39H43F3N4. The SMILES string of the molecule is CC1=C(C)N(c2c(C)cc(C)cc2C)CN1c1cc(N2CN(c3c(C)cc(C)cc3C)c3cc(C)c(C)cc32)cc(C(F)(F)F)c1. The monoisotopic (exact) mass is 624 g/mol. The van der Waals surface area contributed by atoms with E-state index in [2.05, 4.69) is 109 Å². The second-order valence-corrected chi connectivity index (χ2v) is 13.3. The first-order valence-electron chi connectivity index (χ1n) is 15.8. The molecule has 4 nitrogen and oxygen atoms in total. The maximum absolute atomic E-state index is 14.6. The lowest BCUT2D eigenvalue weighted by Gasteiger charge is -2.29. The van der Waals surface area contributed by atoms with Gasteiger partial charge in [-0.1, -0.05) is 35.4 Å². The van der Waals surface area contributed by atoms with E-state index in [1.165, 1.54) is 23.3 Å². The summed E-state index contributed by atoms with van der Waals surface area (Å²) in [6, 6.07) is 17.4. The number of alkyl halides is 3. The van der Waals surface area contributed by atoms with Crippen molar-refractivity contribution in [1.29, 1.82) is 0 Å². The average molecular weight is 625 g/mol. The van der Waals surface area contributed by atoms with Crippen LogP contribution in [0.1, 0.15) is 63.9 Å². The van der Waals surface area contributed by atoms with Gasteiger partial charge in [0.2, 0.25) is 0 Å². The summed E-state index contributed by atoms with van der Waals surface area (Å²) in [5, 5.41) is 0. The Morgan fingerprint density at radius 3 is 1.30 bits per heavy atom. The number of nitrogens with zero attached hydrogens (tertiary/aromatic N) is 4. The van der Waals surface area contributed by atoms with E-state index in [1.807, 2.05) is 22.8 Å². The quantitative estimate of drug-likeness (QED) is 0.224. The van der Waals surface area contributed by atoms with Crippen LogP contribution in [0.3, 0.4) is 0 Å². The van der Waals surface area contributed by atoms with Crippen molar-refractivity contribution in [3.8, 4) is 0 Å². The van der Waals surface area contributed by atoms with Gasteiger partial charge >= 0.3 is 6.18 Å². The highest BCUT2D eigenvalue weighted by atomic mass is 19.4. The summed E-state index contributed by atoms with van der Waals surface area (Å²) < 4.78 is 43.8. The number of hydrogen-bond donors (Lipinski definition) is 0. The minimum absolute atomic E-state index is 0.408. The molecular weight excluding hydrogens is 581 g/mol. The van der Waals surface area contributed by atoms with E-state index >= 15 is 0 Å². The van der Waals surface area contributed by atoms with Gasteiger partial charge in [-0.3, -0.25) is 0 Å². The molecule has 6 rings (SSSR count). The molecule has 0 unspecified atom stereocenters. The highest BCUT2D eigenvalue weighted by Gasteiger charge is 2.37. The fourth-order valence-corrected chi connectivity index (χ4v) is 7.45. The van der Waals surface area contributed by atoms with Crippen molar-refractivity contribution in [2.75, 3.05) is 32.9 Å². The lowest BCUT2D eigenvalue weighted by atomic mass is 10.0. The van der Waals surface area contributed by atoms with Gasteiger partial charge in [-0.05, 0) is 133 Å². The van der Waals surface area contributed by atoms with Crippen LogP contribution in [0.5, 0.6) is 0 Å². The first kappa shape index (κ1) is 31.6. The molecule has 4 aromatic rings. The Morgan fingerprint density at radius 2 is 0.826 bits per heavy atom. The Morgan fingerprint density at radius 1 is 0.435 bits per heavy atom. The Hall–Kier alpha value is -4.39. The number of halogens is 3. The molecule has 7 heteroatoms. The lowest BCUT2D eigenvalue weighted by molar-refractivity contribution is -0.137. The fourth-order valence-electron chi connectivity index (χ4n) is 7.45. The standard InChI is InChI=1S/C39H43F3N4/c1-22-11-26(5)37(27(6)12-22)44-20-43(30(9)31(44)10)33-17-32(39(40,41)42)18-34(19-33)45-21-46(36-16-25(4)24(3)15-35(36)45)38-28(7)13-23(2)14-29(38)8/h11-19H,20-21H2,1-10H3. The maximum atomic E-state index is 14.6. The van der Waals surface area contributed by atoms with E-state index in [9.17, 15) is 13.2 Å². The number of fused-ring (bicyclic) bond motifs is 1. The normalized spacial score (nSPS) is 15.1. The van der Waals surface area contributed by atoms with Crippen LogP contribution in [0.25, 0.3) is 0 Å². The number of benzene rings is 4. The third-order valence-corrected chi connectivity index (χ3v) is 9.74. The molecule has 0 saturated heterocycles. The fraction of sp³-hybridized carbons (Fsp3) is 0.333. The van der Waals surface area contributed by atoms with Gasteiger partial charge in [0.15, 0.2) is 0 Å². The maximum Gasteiger partial charge on any atom is 0.416 e. The topological polar surface area (TPSA) is 13.0 Å². The van der Waals surface area contributed by atoms with Gasteiger partial charge in [-0.2, -0.15) is 13.2 Å². The molecule has 0 aliphatic carbocycles. The molecule has 2 heterocycles. The molecule has 2 aliphatic rings. The number of hydrogen-bond acceptors (Lipinski definition) is 4. The number of aryl methyl sites for hydroxylation is 8. The number of allylic oxidation sites excluding steroid dienone is 2. The minimum atomic E-state index is -4.50. The molecule has 0 saturated carbocycles. The highest BCUT2D eigenvalue weighted by molar-refractivity contribution is 5.90. The third-order valence-electron chi connectivity index (χ3n) is 9.74. The molecule has 2 aliphatic heterocycles. The minimum Gasteiger partial charge on any atom is -0.325 e. The molecule has 0 N–H and O–H groups in total. The predicted octanol–water partition coefficient (Wildman–Crippen LogP) is 11.0. The summed E-state index contributed by atoms with van der Waals surface area (Å²) in [6.07, 6.45) is -4.50. The first-order valence-corrected chi connectivity index (χ1v) is 15.8. The van der Waals surface area contributed by atoms with E-state index in [-0.39, 0.29) is 0 Å². The van der Waals surface area contributed by atoms with E-state index in [0.717, 1.165) is 67.5 Å². The largest absolute Gasteiger partial charge is 0.416 e. The van der Waals surface area contributed by atoms with E-state index in [0.29, 0.717) is 24.7 Å². The Bertz CT molecular complexity index is 1870. The molecule has 0 amide bonds. The molecule has 4 aromatic carbocycles. The molecule has 240 valence electrons. The first-order chi connectivity index (χ1) is 21.5. The zero-order valence-electron chi connectivity index (χ0n) is 28.5. The van der Waals surface area contributed by atoms with Gasteiger partial charge in [-0.15, -0.1) is 0 Å². The lowest BCUT2D eigenvalue weighted by Crippen LogP contribution is -2.29. The van der Waals surface area contributed by atoms with Crippen molar-refractivity contribution >= 4 is 34.1 Å². The van der Waals surface area contributed by atoms with Crippen LogP contribution in [0.2, 0.25) is 0 Å². The van der Waals surface area contributed by atoms with Gasteiger partial charge in [0.05, 0.1) is 23.6 Å². The van der Waals surface area contributed by atoms with E-state index < -0.39 is 11.7 Å². The second kappa shape index (κ2) is 11.1. The van der Waals surface area contributed by atoms with Gasteiger partial charge in [-0.25, -0.2) is 0 Å². The average Bonchev–Trinajstić information content (AvgIpc) is 3.44. The van der Waals surface area contributed by atoms with Crippen molar-refractivity contribution in [3.63, 3.8) is 0 Å². The summed E-state index contributed by atoms with van der Waals surface area (Å²) in [4.78, 5) is 8.52. The van der Waals surface area contributed by atoms with Gasteiger partial charge in [0.25, 0.3) is 0 Å². The Balaban J connectivity index is 1.48. The smallest absolute Gasteiger partial charge is 0.325 e. The van der Waals surface area contributed by atoms with Crippen molar-refractivity contribution in [3.05, 3.63) is 116 Å². The van der Waals surface area contributed by atoms with Crippen LogP contribution < -0.4 is 19.6 Å². The summed E-state index contributed by atoms with van der Waals surface area (Å²) in [6.45, 7) is 21.6. The summed E-state index contributed by atoms with van der Waals surface area (Å²) >= 11 is 0. The van der Waals surface area contributed by atoms with Crippen LogP contribution in [-0.4, -0.2) is 13.3 Å². The highest BCUT2D eigenvalue weighted by Crippen LogP contribution is 2.49. The molecule has 46 heavy (non-hydrogen) atoms. The number of rotatable bonds is 4. The number of anilines is 6. The molecule has 0 radical (unpaired) electrons. The molecule has 0 fully saturated rings. The van der Waals surface area contributed by atoms with Gasteiger partial charge in [0, 0.05) is 34.1 Å². The molecule has 0 aromatic heterocycles. The molecule has 0 bridgehead atoms. The van der Waals surface area contributed by atoms with Crippen LogP contribution >= 0.6 is 0 Å². The van der Waals surface area contributed by atoms with Crippen molar-refractivity contribution in [1.82, 2.24) is 0 Å². The zero-order chi connectivity index (χ0) is 33.4. The summed E-state index contributed by atoms with van der Waals surface area (Å²) in [7, 11) is 0. The van der Waals surface area contributed by atoms with Crippen LogP contribution in [-0.2, 0) is 6.18 Å². The van der Waals surface area contributed by atoms with Gasteiger partial charge in [0.1, 0.15) is 6.67 Å². The van der Waals surface area contributed by atoms with E-state index in [4.69, 9.17) is 0 Å². The van der Waals surface area contributed by atoms with Crippen LogP contribution in [0, 0.1) is 55.4 Å². The third kappa shape index (κ3) is 5.29. The summed E-state index contributed by atoms with van der Waals surface area (Å²) in [5.41, 5.74) is 15.7. The second-order valence-electron chi connectivity index (χ2n) is 13.3. The summed E-state index contributed by atoms with van der Waals surface area (Å²) in [5.74, 6) is 0. The van der Waals surface area contributed by atoms with E-state index in [1.54, 1.807) is 0 Å². The van der Waals surface area contributed by atoms with Crippen LogP contribution in [0.4, 0.5) is 47.3 Å². The van der Waals surface area contributed by atoms with Crippen molar-refractivity contribution < 1.29 is 13.2 Å². The Kier molecular flexibility index (Phi) is 7.65. The Labute approximate surface area is 271 Å². The van der Waals surface area contributed by atoms with Crippen molar-refractivity contribution in [2.45, 2.75) is 75.4 Å². The van der Waals surface area contributed by atoms with Gasteiger partial charge < -0.3 is 19.6 Å². The van der Waals surface area contributed by atoms with Crippen LogP contribution in [0.15, 0.2) is 66.0 Å². The molecule has 0 atom stereocenters. The zero-order valence-corrected chi connectivity index (χ0v) is 28.5. The van der Waals surface area contributed by atoms with Crippen molar-refractivity contribution in [2.24, 2.45) is 0 Å². The molecule has 0 spiro atoms. The predicted molar refractivity (Wildman–Crippen MR) is 186 cm³/mol.